The van der Waals surface area contributed by atoms with Gasteiger partial charge in [0.05, 0.1) is 5.41 Å². The molecule has 1 amide bonds. The second-order valence-electron chi connectivity index (χ2n) is 5.69. The molecule has 0 saturated carbocycles. The summed E-state index contributed by atoms with van der Waals surface area (Å²) in [5.41, 5.74) is -0.101. The first-order valence-corrected chi connectivity index (χ1v) is 7.48. The van der Waals surface area contributed by atoms with Crippen molar-refractivity contribution in [1.29, 1.82) is 0 Å². The molecule has 0 radical (unpaired) electrons. The highest BCUT2D eigenvalue weighted by Crippen LogP contribution is 2.32. The van der Waals surface area contributed by atoms with E-state index in [-0.39, 0.29) is 11.3 Å². The molecule has 2 fully saturated rings. The van der Waals surface area contributed by atoms with Crippen LogP contribution in [-0.4, -0.2) is 50.1 Å². The van der Waals surface area contributed by atoms with Gasteiger partial charge in [-0.25, -0.2) is 0 Å². The van der Waals surface area contributed by atoms with Crippen molar-refractivity contribution in [2.24, 2.45) is 5.41 Å². The number of hydrogen-bond donors (Lipinski definition) is 2. The minimum Gasteiger partial charge on any atom is -0.354 e. The van der Waals surface area contributed by atoms with Gasteiger partial charge in [0, 0.05) is 13.1 Å². The Morgan fingerprint density at radius 1 is 1.28 bits per heavy atom. The van der Waals surface area contributed by atoms with Crippen LogP contribution < -0.4 is 10.6 Å². The van der Waals surface area contributed by atoms with Gasteiger partial charge in [0.25, 0.3) is 0 Å². The SMILES string of the molecule is CCC1(C(=O)NCCN2CCCC2)CCNCC1. The molecule has 2 rings (SSSR count). The van der Waals surface area contributed by atoms with Crippen molar-refractivity contribution in [2.75, 3.05) is 39.3 Å². The number of carbonyl (C=O) groups is 1. The van der Waals surface area contributed by atoms with Gasteiger partial charge >= 0.3 is 0 Å². The smallest absolute Gasteiger partial charge is 0.226 e. The van der Waals surface area contributed by atoms with Gasteiger partial charge in [-0.3, -0.25) is 4.79 Å². The molecular formula is C14H27N3O. The van der Waals surface area contributed by atoms with Crippen LogP contribution in [0.1, 0.15) is 39.0 Å². The Kier molecular flexibility index (Phi) is 5.01. The quantitative estimate of drug-likeness (QED) is 0.767. The highest BCUT2D eigenvalue weighted by molar-refractivity contribution is 5.82. The van der Waals surface area contributed by atoms with E-state index < -0.39 is 0 Å². The largest absolute Gasteiger partial charge is 0.354 e. The van der Waals surface area contributed by atoms with Crippen molar-refractivity contribution >= 4 is 5.91 Å². The molecule has 18 heavy (non-hydrogen) atoms. The van der Waals surface area contributed by atoms with Crippen molar-refractivity contribution < 1.29 is 4.79 Å². The average molecular weight is 253 g/mol. The summed E-state index contributed by atoms with van der Waals surface area (Å²) in [7, 11) is 0. The zero-order valence-electron chi connectivity index (χ0n) is 11.6. The van der Waals surface area contributed by atoms with Crippen LogP contribution in [-0.2, 0) is 4.79 Å². The molecule has 4 heteroatoms. The van der Waals surface area contributed by atoms with Gasteiger partial charge in [0.15, 0.2) is 0 Å². The van der Waals surface area contributed by atoms with E-state index in [1.807, 2.05) is 0 Å². The van der Waals surface area contributed by atoms with Crippen LogP contribution in [0.4, 0.5) is 0 Å². The Morgan fingerprint density at radius 3 is 2.56 bits per heavy atom. The zero-order valence-corrected chi connectivity index (χ0v) is 11.6. The van der Waals surface area contributed by atoms with E-state index in [2.05, 4.69) is 22.5 Å². The molecule has 2 aliphatic heterocycles. The van der Waals surface area contributed by atoms with Crippen molar-refractivity contribution in [3.05, 3.63) is 0 Å². The summed E-state index contributed by atoms with van der Waals surface area (Å²) >= 11 is 0. The summed E-state index contributed by atoms with van der Waals surface area (Å²) in [6.45, 7) is 8.35. The van der Waals surface area contributed by atoms with Crippen LogP contribution in [0.2, 0.25) is 0 Å². The lowest BCUT2D eigenvalue weighted by Crippen LogP contribution is -2.48. The highest BCUT2D eigenvalue weighted by Gasteiger charge is 2.37. The van der Waals surface area contributed by atoms with E-state index in [9.17, 15) is 4.79 Å². The normalized spacial score (nSPS) is 24.1. The first-order valence-electron chi connectivity index (χ1n) is 7.48. The predicted molar refractivity (Wildman–Crippen MR) is 73.5 cm³/mol. The maximum absolute atomic E-state index is 12.4. The average Bonchev–Trinajstić information content (AvgIpc) is 2.92. The molecule has 4 nitrogen and oxygen atoms in total. The second kappa shape index (κ2) is 6.53. The third-order valence-electron chi connectivity index (χ3n) is 4.63. The monoisotopic (exact) mass is 253 g/mol. The van der Waals surface area contributed by atoms with E-state index in [1.165, 1.54) is 25.9 Å². The minimum absolute atomic E-state index is 0.101. The number of nitrogens with zero attached hydrogens (tertiary/aromatic N) is 1. The molecular weight excluding hydrogens is 226 g/mol. The maximum atomic E-state index is 12.4. The third kappa shape index (κ3) is 3.23. The van der Waals surface area contributed by atoms with E-state index >= 15 is 0 Å². The van der Waals surface area contributed by atoms with Crippen molar-refractivity contribution in [3.8, 4) is 0 Å². The minimum atomic E-state index is -0.101. The summed E-state index contributed by atoms with van der Waals surface area (Å²) in [6.07, 6.45) is 5.57. The molecule has 0 aromatic carbocycles. The van der Waals surface area contributed by atoms with Crippen molar-refractivity contribution in [2.45, 2.75) is 39.0 Å². The summed E-state index contributed by atoms with van der Waals surface area (Å²) in [5.74, 6) is 0.283. The number of likely N-dealkylation sites (tertiary alicyclic amines) is 1. The fourth-order valence-corrected chi connectivity index (χ4v) is 3.17. The van der Waals surface area contributed by atoms with Crippen molar-refractivity contribution in [1.82, 2.24) is 15.5 Å². The molecule has 2 aliphatic rings. The Morgan fingerprint density at radius 2 is 1.94 bits per heavy atom. The Bertz CT molecular complexity index is 268. The molecule has 0 bridgehead atoms. The topological polar surface area (TPSA) is 44.4 Å². The van der Waals surface area contributed by atoms with E-state index in [0.29, 0.717) is 0 Å². The van der Waals surface area contributed by atoms with Gasteiger partial charge in [0.1, 0.15) is 0 Å². The lowest BCUT2D eigenvalue weighted by molar-refractivity contribution is -0.132. The lowest BCUT2D eigenvalue weighted by atomic mass is 9.76. The van der Waals surface area contributed by atoms with Gasteiger partial charge in [-0.1, -0.05) is 6.92 Å². The van der Waals surface area contributed by atoms with Gasteiger partial charge in [-0.2, -0.15) is 0 Å². The number of nitrogens with one attached hydrogen (secondary N) is 2. The number of piperidine rings is 1. The summed E-state index contributed by atoms with van der Waals surface area (Å²) < 4.78 is 0. The van der Waals surface area contributed by atoms with Crippen LogP contribution >= 0.6 is 0 Å². The van der Waals surface area contributed by atoms with Gasteiger partial charge < -0.3 is 15.5 Å². The maximum Gasteiger partial charge on any atom is 0.226 e. The van der Waals surface area contributed by atoms with Gasteiger partial charge in [0.2, 0.25) is 5.91 Å². The third-order valence-corrected chi connectivity index (χ3v) is 4.63. The summed E-state index contributed by atoms with van der Waals surface area (Å²) in [5, 5.41) is 6.50. The van der Waals surface area contributed by atoms with Crippen LogP contribution in [0.25, 0.3) is 0 Å². The Hall–Kier alpha value is -0.610. The van der Waals surface area contributed by atoms with E-state index in [1.54, 1.807) is 0 Å². The molecule has 104 valence electrons. The van der Waals surface area contributed by atoms with Crippen LogP contribution in [0, 0.1) is 5.41 Å². The Balaban J connectivity index is 1.74. The van der Waals surface area contributed by atoms with Gasteiger partial charge in [-0.15, -0.1) is 0 Å². The first-order chi connectivity index (χ1) is 8.77. The standard InChI is InChI=1S/C14H27N3O/c1-2-14(5-7-15-8-6-14)13(18)16-9-12-17-10-3-4-11-17/h15H,2-12H2,1H3,(H,16,18). The number of rotatable bonds is 5. The number of carbonyl (C=O) groups excluding carboxylic acids is 1. The fraction of sp³-hybridized carbons (Fsp3) is 0.929. The van der Waals surface area contributed by atoms with E-state index in [0.717, 1.165) is 45.4 Å². The molecule has 0 spiro atoms. The fourth-order valence-electron chi connectivity index (χ4n) is 3.17. The number of hydrogen-bond acceptors (Lipinski definition) is 3. The van der Waals surface area contributed by atoms with Gasteiger partial charge in [-0.05, 0) is 58.3 Å². The van der Waals surface area contributed by atoms with Crippen LogP contribution in [0.3, 0.4) is 0 Å². The molecule has 0 aliphatic carbocycles. The van der Waals surface area contributed by atoms with E-state index in [4.69, 9.17) is 0 Å². The second-order valence-corrected chi connectivity index (χ2v) is 5.69. The Labute approximate surface area is 110 Å². The molecule has 2 saturated heterocycles. The van der Waals surface area contributed by atoms with Crippen LogP contribution in [0.15, 0.2) is 0 Å². The lowest BCUT2D eigenvalue weighted by Gasteiger charge is -2.35. The summed E-state index contributed by atoms with van der Waals surface area (Å²) in [4.78, 5) is 14.8. The van der Waals surface area contributed by atoms with Crippen LogP contribution in [0.5, 0.6) is 0 Å². The first kappa shape index (κ1) is 13.8. The number of amides is 1. The van der Waals surface area contributed by atoms with Crippen molar-refractivity contribution in [3.63, 3.8) is 0 Å². The summed E-state index contributed by atoms with van der Waals surface area (Å²) in [6, 6.07) is 0. The predicted octanol–water partition coefficient (Wildman–Crippen LogP) is 0.978. The zero-order chi connectivity index (χ0) is 12.8. The molecule has 0 aromatic heterocycles. The highest BCUT2D eigenvalue weighted by atomic mass is 16.2. The molecule has 2 heterocycles. The molecule has 0 aromatic rings. The molecule has 2 N–H and O–H groups in total. The molecule has 0 atom stereocenters. The molecule has 0 unspecified atom stereocenters.